The Balaban J connectivity index is 2.08. The number of anilines is 1. The van der Waals surface area contributed by atoms with Crippen LogP contribution in [0.25, 0.3) is 0 Å². The SMILES string of the molecule is CCOc1ccc(N(CC(=O)N(Cc2c(Cl)cccc2Cl)[C@H](CC)C(=O)NCC(C)C)S(=O)(=O)c2ccccc2)cc1. The van der Waals surface area contributed by atoms with Crippen molar-refractivity contribution < 1.29 is 22.7 Å². The third kappa shape index (κ3) is 8.40. The highest BCUT2D eigenvalue weighted by Crippen LogP contribution is 2.29. The third-order valence-corrected chi connectivity index (χ3v) is 9.00. The summed E-state index contributed by atoms with van der Waals surface area (Å²) in [5.74, 6) is -0.181. The van der Waals surface area contributed by atoms with E-state index in [1.54, 1.807) is 67.6 Å². The van der Waals surface area contributed by atoms with E-state index in [0.29, 0.717) is 34.5 Å². The van der Waals surface area contributed by atoms with Gasteiger partial charge in [-0.15, -0.1) is 0 Å². The molecule has 3 aromatic carbocycles. The van der Waals surface area contributed by atoms with E-state index >= 15 is 0 Å². The molecule has 0 heterocycles. The van der Waals surface area contributed by atoms with Crippen LogP contribution in [0, 0.1) is 5.92 Å². The minimum atomic E-state index is -4.18. The summed E-state index contributed by atoms with van der Waals surface area (Å²) in [6, 6.07) is 18.4. The maximum atomic E-state index is 14.2. The van der Waals surface area contributed by atoms with Gasteiger partial charge in [0.15, 0.2) is 0 Å². The molecule has 0 aliphatic rings. The Morgan fingerprint density at radius 1 is 0.905 bits per heavy atom. The van der Waals surface area contributed by atoms with Gasteiger partial charge in [0.25, 0.3) is 10.0 Å². The lowest BCUT2D eigenvalue weighted by atomic mass is 10.1. The van der Waals surface area contributed by atoms with Gasteiger partial charge in [0, 0.05) is 28.7 Å². The van der Waals surface area contributed by atoms with Crippen LogP contribution < -0.4 is 14.4 Å². The summed E-state index contributed by atoms with van der Waals surface area (Å²) >= 11 is 12.9. The summed E-state index contributed by atoms with van der Waals surface area (Å²) in [5.41, 5.74) is 0.728. The number of amides is 2. The van der Waals surface area contributed by atoms with E-state index in [2.05, 4.69) is 5.32 Å². The smallest absolute Gasteiger partial charge is 0.264 e. The molecule has 0 spiro atoms. The van der Waals surface area contributed by atoms with E-state index in [1.165, 1.54) is 17.0 Å². The van der Waals surface area contributed by atoms with Crippen molar-refractivity contribution in [2.45, 2.75) is 51.6 Å². The maximum absolute atomic E-state index is 14.2. The fourth-order valence-electron chi connectivity index (χ4n) is 4.32. The van der Waals surface area contributed by atoms with Gasteiger partial charge in [0.1, 0.15) is 18.3 Å². The van der Waals surface area contributed by atoms with Crippen molar-refractivity contribution in [3.05, 3.63) is 88.4 Å². The van der Waals surface area contributed by atoms with E-state index in [0.717, 1.165) is 4.31 Å². The van der Waals surface area contributed by atoms with Crippen LogP contribution in [-0.4, -0.2) is 50.9 Å². The standard InChI is InChI=1S/C31H37Cl2N3O5S/c1-5-29(31(38)34-19-22(3)4)35(20-26-27(32)13-10-14-28(26)33)30(37)21-36(23-15-17-24(18-16-23)41-6-2)42(39,40)25-11-8-7-9-12-25/h7-18,22,29H,5-6,19-21H2,1-4H3,(H,34,38)/t29-/m1/s1. The molecule has 0 saturated heterocycles. The zero-order valence-corrected chi connectivity index (χ0v) is 26.5. The number of rotatable bonds is 14. The molecule has 0 fully saturated rings. The van der Waals surface area contributed by atoms with Gasteiger partial charge >= 0.3 is 0 Å². The third-order valence-electron chi connectivity index (χ3n) is 6.51. The lowest BCUT2D eigenvalue weighted by Gasteiger charge is -2.33. The number of sulfonamides is 1. The van der Waals surface area contributed by atoms with Gasteiger partial charge in [-0.1, -0.05) is 68.2 Å². The van der Waals surface area contributed by atoms with Crippen LogP contribution in [0.2, 0.25) is 10.0 Å². The first-order valence-corrected chi connectivity index (χ1v) is 16.0. The van der Waals surface area contributed by atoms with Crippen molar-refractivity contribution in [2.75, 3.05) is 24.0 Å². The maximum Gasteiger partial charge on any atom is 0.264 e. The molecular formula is C31H37Cl2N3O5S. The number of halogens is 2. The van der Waals surface area contributed by atoms with Crippen molar-refractivity contribution in [3.8, 4) is 5.75 Å². The molecule has 3 rings (SSSR count). The molecule has 0 aliphatic carbocycles. The first-order chi connectivity index (χ1) is 20.0. The highest BCUT2D eigenvalue weighted by atomic mass is 35.5. The molecule has 0 aliphatic heterocycles. The molecule has 2 amide bonds. The molecule has 3 aromatic rings. The Morgan fingerprint density at radius 3 is 2.07 bits per heavy atom. The fourth-order valence-corrected chi connectivity index (χ4v) is 6.27. The summed E-state index contributed by atoms with van der Waals surface area (Å²) in [4.78, 5) is 28.9. The summed E-state index contributed by atoms with van der Waals surface area (Å²) in [6.07, 6.45) is 0.284. The Bertz CT molecular complexity index is 1430. The van der Waals surface area contributed by atoms with E-state index < -0.39 is 28.5 Å². The summed E-state index contributed by atoms with van der Waals surface area (Å²) < 4.78 is 34.4. The first kappa shape index (κ1) is 33.2. The molecule has 42 heavy (non-hydrogen) atoms. The molecular weight excluding hydrogens is 597 g/mol. The van der Waals surface area contributed by atoms with E-state index in [-0.39, 0.29) is 35.4 Å². The van der Waals surface area contributed by atoms with Crippen molar-refractivity contribution >= 4 is 50.7 Å². The summed E-state index contributed by atoms with van der Waals surface area (Å²) in [6.45, 7) is 7.78. The van der Waals surface area contributed by atoms with Crippen molar-refractivity contribution in [1.82, 2.24) is 10.2 Å². The van der Waals surface area contributed by atoms with Crippen LogP contribution in [0.5, 0.6) is 5.75 Å². The molecule has 226 valence electrons. The summed E-state index contributed by atoms with van der Waals surface area (Å²) in [5, 5.41) is 3.56. The first-order valence-electron chi connectivity index (χ1n) is 13.8. The van der Waals surface area contributed by atoms with Crippen molar-refractivity contribution in [1.29, 1.82) is 0 Å². The predicted octanol–water partition coefficient (Wildman–Crippen LogP) is 6.17. The van der Waals surface area contributed by atoms with Gasteiger partial charge in [-0.05, 0) is 67.8 Å². The van der Waals surface area contributed by atoms with E-state index in [9.17, 15) is 18.0 Å². The van der Waals surface area contributed by atoms with Crippen LogP contribution >= 0.6 is 23.2 Å². The second-order valence-corrected chi connectivity index (χ2v) is 12.7. The number of nitrogens with zero attached hydrogens (tertiary/aromatic N) is 2. The fraction of sp³-hybridized carbons (Fsp3) is 0.355. The van der Waals surface area contributed by atoms with Crippen LogP contribution in [0.3, 0.4) is 0 Å². The second-order valence-electron chi connectivity index (χ2n) is 10.0. The van der Waals surface area contributed by atoms with E-state index in [1.807, 2.05) is 20.8 Å². The van der Waals surface area contributed by atoms with Crippen LogP contribution in [-0.2, 0) is 26.2 Å². The quantitative estimate of drug-likeness (QED) is 0.229. The van der Waals surface area contributed by atoms with Gasteiger partial charge in [-0.3, -0.25) is 13.9 Å². The largest absolute Gasteiger partial charge is 0.494 e. The second kappa shape index (κ2) is 15.3. The highest BCUT2D eigenvalue weighted by molar-refractivity contribution is 7.92. The minimum absolute atomic E-state index is 0.0223. The number of carbonyl (C=O) groups is 2. The Hall–Kier alpha value is -3.27. The molecule has 1 N–H and O–H groups in total. The molecule has 0 aromatic heterocycles. The zero-order valence-electron chi connectivity index (χ0n) is 24.2. The van der Waals surface area contributed by atoms with Gasteiger partial charge in [-0.2, -0.15) is 0 Å². The number of hydrogen-bond acceptors (Lipinski definition) is 5. The minimum Gasteiger partial charge on any atom is -0.494 e. The zero-order chi connectivity index (χ0) is 30.9. The van der Waals surface area contributed by atoms with Gasteiger partial charge < -0.3 is 15.0 Å². The molecule has 0 saturated carbocycles. The van der Waals surface area contributed by atoms with E-state index in [4.69, 9.17) is 27.9 Å². The van der Waals surface area contributed by atoms with Gasteiger partial charge in [-0.25, -0.2) is 8.42 Å². The molecule has 0 bridgehead atoms. The Kier molecular flexibility index (Phi) is 12.1. The number of ether oxygens (including phenoxy) is 1. The lowest BCUT2D eigenvalue weighted by Crippen LogP contribution is -2.52. The molecule has 0 unspecified atom stereocenters. The normalized spacial score (nSPS) is 12.1. The predicted molar refractivity (Wildman–Crippen MR) is 168 cm³/mol. The molecule has 1 atom stereocenters. The number of carbonyl (C=O) groups excluding carboxylic acids is 2. The Labute approximate surface area is 258 Å². The highest BCUT2D eigenvalue weighted by Gasteiger charge is 2.34. The average molecular weight is 635 g/mol. The van der Waals surface area contributed by atoms with Gasteiger partial charge in [0.2, 0.25) is 11.8 Å². The van der Waals surface area contributed by atoms with Crippen molar-refractivity contribution in [3.63, 3.8) is 0 Å². The number of benzene rings is 3. The Morgan fingerprint density at radius 2 is 1.52 bits per heavy atom. The molecule has 8 nitrogen and oxygen atoms in total. The lowest BCUT2D eigenvalue weighted by molar-refractivity contribution is -0.140. The van der Waals surface area contributed by atoms with Crippen LogP contribution in [0.15, 0.2) is 77.7 Å². The number of nitrogens with one attached hydrogen (secondary N) is 1. The summed E-state index contributed by atoms with van der Waals surface area (Å²) in [7, 11) is -4.18. The monoisotopic (exact) mass is 633 g/mol. The van der Waals surface area contributed by atoms with Crippen LogP contribution in [0.1, 0.15) is 39.7 Å². The molecule has 11 heteroatoms. The van der Waals surface area contributed by atoms with Crippen LogP contribution in [0.4, 0.5) is 5.69 Å². The number of hydrogen-bond donors (Lipinski definition) is 1. The van der Waals surface area contributed by atoms with Gasteiger partial charge in [0.05, 0.1) is 17.2 Å². The average Bonchev–Trinajstić information content (AvgIpc) is 2.97. The topological polar surface area (TPSA) is 96.0 Å². The molecule has 0 radical (unpaired) electrons. The van der Waals surface area contributed by atoms with Crippen molar-refractivity contribution in [2.24, 2.45) is 5.92 Å².